The molecule has 4 aromatic rings. The fourth-order valence-corrected chi connectivity index (χ4v) is 3.72. The first-order valence-electron chi connectivity index (χ1n) is 8.19. The quantitative estimate of drug-likeness (QED) is 0.561. The maximum Gasteiger partial charge on any atom is 0.234 e. The van der Waals surface area contributed by atoms with Crippen LogP contribution in [0.25, 0.3) is 16.7 Å². The third kappa shape index (κ3) is 3.25. The summed E-state index contributed by atoms with van der Waals surface area (Å²) in [4.78, 5) is 17.0. The first kappa shape index (κ1) is 16.5. The van der Waals surface area contributed by atoms with Crippen LogP contribution < -0.4 is 5.32 Å². The van der Waals surface area contributed by atoms with Crippen LogP contribution in [-0.2, 0) is 4.79 Å². The Morgan fingerprint density at radius 2 is 1.92 bits per heavy atom. The van der Waals surface area contributed by atoms with E-state index in [2.05, 4.69) is 26.6 Å². The summed E-state index contributed by atoms with van der Waals surface area (Å²) in [6.07, 6.45) is 1.67. The van der Waals surface area contributed by atoms with Crippen molar-refractivity contribution in [2.45, 2.75) is 18.9 Å². The molecule has 4 rings (SSSR count). The van der Waals surface area contributed by atoms with Crippen molar-refractivity contribution in [3.05, 3.63) is 59.9 Å². The van der Waals surface area contributed by atoms with E-state index in [9.17, 15) is 4.79 Å². The molecule has 0 aliphatic heterocycles. The van der Waals surface area contributed by atoms with Crippen LogP contribution >= 0.6 is 11.8 Å². The Hall–Kier alpha value is -2.93. The Morgan fingerprint density at radius 3 is 2.73 bits per heavy atom. The minimum absolute atomic E-state index is 0.0763. The smallest absolute Gasteiger partial charge is 0.234 e. The van der Waals surface area contributed by atoms with E-state index in [0.29, 0.717) is 10.7 Å². The number of aryl methyl sites for hydroxylation is 2. The summed E-state index contributed by atoms with van der Waals surface area (Å²) < 4.78 is 1.90. The number of rotatable bonds is 4. The van der Waals surface area contributed by atoms with Crippen molar-refractivity contribution in [1.82, 2.24) is 19.6 Å². The van der Waals surface area contributed by atoms with Crippen molar-refractivity contribution in [2.75, 3.05) is 11.1 Å². The van der Waals surface area contributed by atoms with Gasteiger partial charge in [0.15, 0.2) is 5.65 Å². The minimum Gasteiger partial charge on any atom is -0.325 e. The van der Waals surface area contributed by atoms with Crippen LogP contribution in [0.3, 0.4) is 0 Å². The van der Waals surface area contributed by atoms with Gasteiger partial charge in [-0.3, -0.25) is 9.20 Å². The van der Waals surface area contributed by atoms with Crippen molar-refractivity contribution in [3.8, 4) is 0 Å². The lowest BCUT2D eigenvalue weighted by atomic mass is 10.1. The van der Waals surface area contributed by atoms with Gasteiger partial charge in [0.25, 0.3) is 0 Å². The van der Waals surface area contributed by atoms with Gasteiger partial charge in [0.1, 0.15) is 11.4 Å². The van der Waals surface area contributed by atoms with Crippen molar-refractivity contribution in [1.29, 1.82) is 0 Å². The van der Waals surface area contributed by atoms with Crippen LogP contribution in [0.15, 0.2) is 53.8 Å². The maximum absolute atomic E-state index is 12.3. The Morgan fingerprint density at radius 1 is 1.15 bits per heavy atom. The second-order valence-electron chi connectivity index (χ2n) is 6.14. The molecule has 0 spiro atoms. The molecule has 2 heterocycles. The first-order chi connectivity index (χ1) is 12.6. The fourth-order valence-electron chi connectivity index (χ4n) is 2.95. The van der Waals surface area contributed by atoms with Crippen molar-refractivity contribution in [2.24, 2.45) is 0 Å². The van der Waals surface area contributed by atoms with E-state index in [4.69, 9.17) is 0 Å². The third-order valence-electron chi connectivity index (χ3n) is 3.95. The van der Waals surface area contributed by atoms with Gasteiger partial charge in [0.2, 0.25) is 5.91 Å². The van der Waals surface area contributed by atoms with E-state index in [1.54, 1.807) is 6.33 Å². The molecule has 6 nitrogen and oxygen atoms in total. The molecule has 0 bridgehead atoms. The molecular weight excluding hydrogens is 346 g/mol. The average Bonchev–Trinajstić information content (AvgIpc) is 3.09. The van der Waals surface area contributed by atoms with Crippen LogP contribution in [0.1, 0.15) is 11.1 Å². The summed E-state index contributed by atoms with van der Waals surface area (Å²) in [5, 5.41) is 11.8. The zero-order chi connectivity index (χ0) is 18.1. The monoisotopic (exact) mass is 363 g/mol. The molecule has 1 N–H and O–H groups in total. The van der Waals surface area contributed by atoms with Crippen LogP contribution in [0.2, 0.25) is 0 Å². The molecule has 0 atom stereocenters. The molecular formula is C19H17N5OS. The summed E-state index contributed by atoms with van der Waals surface area (Å²) in [7, 11) is 0. The van der Waals surface area contributed by atoms with Gasteiger partial charge in [0, 0.05) is 5.69 Å². The van der Waals surface area contributed by atoms with E-state index in [1.165, 1.54) is 11.8 Å². The number of thioether (sulfide) groups is 1. The second kappa shape index (κ2) is 6.76. The summed E-state index contributed by atoms with van der Waals surface area (Å²) in [6, 6.07) is 13.8. The summed E-state index contributed by atoms with van der Waals surface area (Å²) >= 11 is 1.36. The number of benzene rings is 2. The molecule has 26 heavy (non-hydrogen) atoms. The molecule has 130 valence electrons. The number of anilines is 1. The van der Waals surface area contributed by atoms with Gasteiger partial charge < -0.3 is 5.32 Å². The molecule has 0 radical (unpaired) electrons. The number of nitrogens with one attached hydrogen (secondary N) is 1. The topological polar surface area (TPSA) is 72.2 Å². The highest BCUT2D eigenvalue weighted by Crippen LogP contribution is 2.24. The molecule has 0 unspecified atom stereocenters. The molecule has 0 fully saturated rings. The van der Waals surface area contributed by atoms with E-state index >= 15 is 0 Å². The fraction of sp³-hybridized carbons (Fsp3) is 0.158. The molecule has 0 saturated carbocycles. The van der Waals surface area contributed by atoms with Gasteiger partial charge in [-0.25, -0.2) is 4.98 Å². The van der Waals surface area contributed by atoms with Gasteiger partial charge in [-0.05, 0) is 49.2 Å². The number of carbonyl (C=O) groups excluding carboxylic acids is 1. The van der Waals surface area contributed by atoms with Crippen LogP contribution in [0.5, 0.6) is 0 Å². The minimum atomic E-state index is -0.0763. The molecule has 7 heteroatoms. The van der Waals surface area contributed by atoms with Gasteiger partial charge in [0.05, 0.1) is 16.8 Å². The Kier molecular flexibility index (Phi) is 4.30. The zero-order valence-electron chi connectivity index (χ0n) is 14.4. The van der Waals surface area contributed by atoms with Gasteiger partial charge in [-0.1, -0.05) is 30.0 Å². The van der Waals surface area contributed by atoms with Gasteiger partial charge >= 0.3 is 0 Å². The lowest BCUT2D eigenvalue weighted by Crippen LogP contribution is -2.14. The van der Waals surface area contributed by atoms with E-state index in [1.807, 2.05) is 54.6 Å². The van der Waals surface area contributed by atoms with Crippen LogP contribution in [0, 0.1) is 13.8 Å². The summed E-state index contributed by atoms with van der Waals surface area (Å²) in [6.45, 7) is 4.02. The predicted molar refractivity (Wildman–Crippen MR) is 104 cm³/mol. The predicted octanol–water partition coefficient (Wildman–Crippen LogP) is 3.63. The number of hydrogen-bond acceptors (Lipinski definition) is 5. The van der Waals surface area contributed by atoms with Crippen molar-refractivity contribution >= 4 is 40.0 Å². The van der Waals surface area contributed by atoms with Crippen LogP contribution in [-0.4, -0.2) is 31.2 Å². The molecule has 2 aromatic heterocycles. The standard InChI is InChI=1S/C19H17N5OS/c1-12-7-13(2)9-14(8-12)21-17(25)10-26-19-18-23-20-11-24(18)16-6-4-3-5-15(16)22-19/h3-9,11H,10H2,1-2H3,(H,21,25). The lowest BCUT2D eigenvalue weighted by molar-refractivity contribution is -0.113. The van der Waals surface area contributed by atoms with Gasteiger partial charge in [-0.15, -0.1) is 10.2 Å². The Balaban J connectivity index is 1.55. The second-order valence-corrected chi connectivity index (χ2v) is 7.11. The SMILES string of the molecule is Cc1cc(C)cc(NC(=O)CSc2nc3ccccc3n3cnnc23)c1. The van der Waals surface area contributed by atoms with Crippen molar-refractivity contribution < 1.29 is 4.79 Å². The number of aromatic nitrogens is 4. The number of para-hydroxylation sites is 2. The van der Waals surface area contributed by atoms with E-state index in [0.717, 1.165) is 27.8 Å². The highest BCUT2D eigenvalue weighted by atomic mass is 32.2. The number of carbonyl (C=O) groups is 1. The molecule has 0 aliphatic rings. The number of hydrogen-bond donors (Lipinski definition) is 1. The third-order valence-corrected chi connectivity index (χ3v) is 4.90. The number of nitrogens with zero attached hydrogens (tertiary/aromatic N) is 4. The first-order valence-corrected chi connectivity index (χ1v) is 9.18. The average molecular weight is 363 g/mol. The number of fused-ring (bicyclic) bond motifs is 3. The van der Waals surface area contributed by atoms with Crippen LogP contribution in [0.4, 0.5) is 5.69 Å². The molecule has 0 saturated heterocycles. The highest BCUT2D eigenvalue weighted by molar-refractivity contribution is 8.00. The molecule has 1 amide bonds. The molecule has 0 aliphatic carbocycles. The van der Waals surface area contributed by atoms with E-state index < -0.39 is 0 Å². The molecule has 2 aromatic carbocycles. The summed E-state index contributed by atoms with van der Waals surface area (Å²) in [5.74, 6) is 0.175. The Bertz CT molecular complexity index is 1100. The largest absolute Gasteiger partial charge is 0.325 e. The lowest BCUT2D eigenvalue weighted by Gasteiger charge is -2.08. The van der Waals surface area contributed by atoms with Gasteiger partial charge in [-0.2, -0.15) is 0 Å². The maximum atomic E-state index is 12.3. The normalized spacial score (nSPS) is 11.2. The Labute approximate surface area is 154 Å². The number of amides is 1. The summed E-state index contributed by atoms with van der Waals surface area (Å²) in [5.41, 5.74) is 5.50. The van der Waals surface area contributed by atoms with E-state index in [-0.39, 0.29) is 11.7 Å². The van der Waals surface area contributed by atoms with Crippen molar-refractivity contribution in [3.63, 3.8) is 0 Å². The highest BCUT2D eigenvalue weighted by Gasteiger charge is 2.13. The zero-order valence-corrected chi connectivity index (χ0v) is 15.2.